The number of aryl methyl sites for hydroxylation is 1. The molecule has 1 aliphatic heterocycles. The quantitative estimate of drug-likeness (QED) is 0.663. The zero-order valence-electron chi connectivity index (χ0n) is 6.42. The summed E-state index contributed by atoms with van der Waals surface area (Å²) in [7, 11) is 0. The third kappa shape index (κ3) is 1.09. The molecule has 4 heteroatoms. The minimum atomic E-state index is 0.558. The lowest BCUT2D eigenvalue weighted by atomic mass is 10.1. The van der Waals surface area contributed by atoms with E-state index in [9.17, 15) is 0 Å². The van der Waals surface area contributed by atoms with Crippen molar-refractivity contribution >= 4 is 15.9 Å². The molecule has 0 aliphatic carbocycles. The Kier molecular flexibility index (Phi) is 1.71. The van der Waals surface area contributed by atoms with Crippen molar-refractivity contribution in [1.29, 1.82) is 0 Å². The van der Waals surface area contributed by atoms with E-state index in [-0.39, 0.29) is 0 Å². The largest absolute Gasteiger partial charge is 0.303 e. The van der Waals surface area contributed by atoms with E-state index in [0.717, 1.165) is 17.0 Å². The van der Waals surface area contributed by atoms with Crippen LogP contribution in [0.4, 0.5) is 0 Å². The minimum absolute atomic E-state index is 0.558. The number of aromatic nitrogens is 3. The van der Waals surface area contributed by atoms with Gasteiger partial charge in [-0.25, -0.2) is 0 Å². The molecule has 0 fully saturated rings. The molecule has 1 aromatic heterocycles. The number of fused-ring (bicyclic) bond motifs is 1. The SMILES string of the molecule is CC1CCCc2nnc(Br)n21. The van der Waals surface area contributed by atoms with Gasteiger partial charge in [0, 0.05) is 12.5 Å². The van der Waals surface area contributed by atoms with E-state index in [1.807, 2.05) is 0 Å². The van der Waals surface area contributed by atoms with Crippen molar-refractivity contribution in [1.82, 2.24) is 14.8 Å². The van der Waals surface area contributed by atoms with E-state index in [0.29, 0.717) is 6.04 Å². The number of nitrogens with zero attached hydrogens (tertiary/aromatic N) is 3. The summed E-state index contributed by atoms with van der Waals surface area (Å²) in [6, 6.07) is 0.558. The molecule has 0 saturated heterocycles. The van der Waals surface area contributed by atoms with Gasteiger partial charge in [0.05, 0.1) is 0 Å². The average molecular weight is 216 g/mol. The molecule has 0 spiro atoms. The van der Waals surface area contributed by atoms with Gasteiger partial charge in [-0.05, 0) is 35.7 Å². The summed E-state index contributed by atoms with van der Waals surface area (Å²) >= 11 is 3.38. The van der Waals surface area contributed by atoms with Gasteiger partial charge in [0.25, 0.3) is 0 Å². The third-order valence-corrected chi connectivity index (χ3v) is 2.73. The summed E-state index contributed by atoms with van der Waals surface area (Å²) < 4.78 is 3.04. The molecule has 0 amide bonds. The molecular formula is C7H10BrN3. The maximum Gasteiger partial charge on any atom is 0.200 e. The highest BCUT2D eigenvalue weighted by molar-refractivity contribution is 9.10. The van der Waals surface area contributed by atoms with Crippen LogP contribution in [0.1, 0.15) is 31.6 Å². The first-order valence-electron chi connectivity index (χ1n) is 3.88. The van der Waals surface area contributed by atoms with E-state index in [1.54, 1.807) is 0 Å². The molecule has 1 aliphatic rings. The Balaban J connectivity index is 2.48. The summed E-state index contributed by atoms with van der Waals surface area (Å²) in [5.41, 5.74) is 0. The Labute approximate surface area is 73.9 Å². The van der Waals surface area contributed by atoms with Crippen molar-refractivity contribution < 1.29 is 0 Å². The van der Waals surface area contributed by atoms with Gasteiger partial charge in [-0.3, -0.25) is 0 Å². The van der Waals surface area contributed by atoms with Crippen LogP contribution in [0.25, 0.3) is 0 Å². The van der Waals surface area contributed by atoms with Crippen molar-refractivity contribution in [3.63, 3.8) is 0 Å². The summed E-state index contributed by atoms with van der Waals surface area (Å²) in [6.07, 6.45) is 3.55. The van der Waals surface area contributed by atoms with Crippen LogP contribution in [-0.2, 0) is 6.42 Å². The van der Waals surface area contributed by atoms with Gasteiger partial charge in [0.15, 0.2) is 4.73 Å². The molecule has 0 bridgehead atoms. The maximum absolute atomic E-state index is 4.07. The first kappa shape index (κ1) is 7.28. The summed E-state index contributed by atoms with van der Waals surface area (Å²) in [5, 5.41) is 8.05. The smallest absolute Gasteiger partial charge is 0.200 e. The number of hydrogen-bond donors (Lipinski definition) is 0. The molecule has 11 heavy (non-hydrogen) atoms. The lowest BCUT2D eigenvalue weighted by Gasteiger charge is -2.20. The predicted octanol–water partition coefficient (Wildman–Crippen LogP) is 1.94. The Morgan fingerprint density at radius 2 is 2.36 bits per heavy atom. The zero-order chi connectivity index (χ0) is 7.84. The van der Waals surface area contributed by atoms with E-state index < -0.39 is 0 Å². The minimum Gasteiger partial charge on any atom is -0.303 e. The van der Waals surface area contributed by atoms with E-state index in [2.05, 4.69) is 37.6 Å². The molecule has 0 radical (unpaired) electrons. The Morgan fingerprint density at radius 3 is 3.09 bits per heavy atom. The van der Waals surface area contributed by atoms with Crippen LogP contribution in [0.5, 0.6) is 0 Å². The lowest BCUT2D eigenvalue weighted by molar-refractivity contribution is 0.419. The fourth-order valence-corrected chi connectivity index (χ4v) is 2.23. The molecule has 1 aromatic rings. The van der Waals surface area contributed by atoms with Gasteiger partial charge < -0.3 is 4.57 Å². The molecule has 3 nitrogen and oxygen atoms in total. The first-order chi connectivity index (χ1) is 5.29. The number of rotatable bonds is 0. The van der Waals surface area contributed by atoms with E-state index in [1.165, 1.54) is 12.8 Å². The van der Waals surface area contributed by atoms with E-state index >= 15 is 0 Å². The fourth-order valence-electron chi connectivity index (χ4n) is 1.59. The van der Waals surface area contributed by atoms with Gasteiger partial charge in [0.2, 0.25) is 0 Å². The van der Waals surface area contributed by atoms with Crippen LogP contribution < -0.4 is 0 Å². The third-order valence-electron chi connectivity index (χ3n) is 2.19. The van der Waals surface area contributed by atoms with Gasteiger partial charge >= 0.3 is 0 Å². The predicted molar refractivity (Wildman–Crippen MR) is 45.4 cm³/mol. The summed E-state index contributed by atoms with van der Waals surface area (Å²) in [4.78, 5) is 0. The van der Waals surface area contributed by atoms with Crippen LogP contribution in [0.15, 0.2) is 4.73 Å². The molecular weight excluding hydrogens is 206 g/mol. The second kappa shape index (κ2) is 2.59. The highest BCUT2D eigenvalue weighted by Gasteiger charge is 2.19. The Hall–Kier alpha value is -0.380. The standard InChI is InChI=1S/C7H10BrN3/c1-5-3-2-4-6-9-10-7(8)11(5)6/h5H,2-4H2,1H3. The topological polar surface area (TPSA) is 30.7 Å². The van der Waals surface area contributed by atoms with E-state index in [4.69, 9.17) is 0 Å². The Morgan fingerprint density at radius 1 is 1.55 bits per heavy atom. The van der Waals surface area contributed by atoms with Gasteiger partial charge in [-0.15, -0.1) is 10.2 Å². The molecule has 0 N–H and O–H groups in total. The summed E-state index contributed by atoms with van der Waals surface area (Å²) in [6.45, 7) is 2.21. The second-order valence-electron chi connectivity index (χ2n) is 3.00. The highest BCUT2D eigenvalue weighted by atomic mass is 79.9. The van der Waals surface area contributed by atoms with Gasteiger partial charge in [-0.2, -0.15) is 0 Å². The van der Waals surface area contributed by atoms with Crippen LogP contribution >= 0.6 is 15.9 Å². The van der Waals surface area contributed by atoms with Crippen LogP contribution in [0, 0.1) is 0 Å². The molecule has 2 rings (SSSR count). The van der Waals surface area contributed by atoms with Gasteiger partial charge in [-0.1, -0.05) is 0 Å². The van der Waals surface area contributed by atoms with Crippen molar-refractivity contribution in [2.24, 2.45) is 0 Å². The zero-order valence-corrected chi connectivity index (χ0v) is 8.00. The molecule has 1 unspecified atom stereocenters. The van der Waals surface area contributed by atoms with Crippen LogP contribution in [0.2, 0.25) is 0 Å². The first-order valence-corrected chi connectivity index (χ1v) is 4.67. The highest BCUT2D eigenvalue weighted by Crippen LogP contribution is 2.26. The van der Waals surface area contributed by atoms with Crippen molar-refractivity contribution in [2.75, 3.05) is 0 Å². The Bertz CT molecular complexity index is 269. The van der Waals surface area contributed by atoms with Crippen LogP contribution in [0.3, 0.4) is 0 Å². The fraction of sp³-hybridized carbons (Fsp3) is 0.714. The normalized spacial score (nSPS) is 23.3. The molecule has 2 heterocycles. The molecule has 0 saturated carbocycles. The van der Waals surface area contributed by atoms with Crippen molar-refractivity contribution in [3.05, 3.63) is 10.6 Å². The average Bonchev–Trinajstić information content (AvgIpc) is 2.34. The number of hydrogen-bond acceptors (Lipinski definition) is 2. The van der Waals surface area contributed by atoms with Crippen molar-refractivity contribution in [2.45, 2.75) is 32.2 Å². The monoisotopic (exact) mass is 215 g/mol. The lowest BCUT2D eigenvalue weighted by Crippen LogP contribution is -2.15. The van der Waals surface area contributed by atoms with Gasteiger partial charge in [0.1, 0.15) is 5.82 Å². The molecule has 60 valence electrons. The molecule has 0 aromatic carbocycles. The van der Waals surface area contributed by atoms with Crippen LogP contribution in [-0.4, -0.2) is 14.8 Å². The number of halogens is 1. The second-order valence-corrected chi connectivity index (χ2v) is 3.71. The maximum atomic E-state index is 4.07. The molecule has 1 atom stereocenters. The summed E-state index contributed by atoms with van der Waals surface area (Å²) in [5.74, 6) is 1.12. The van der Waals surface area contributed by atoms with Crippen molar-refractivity contribution in [3.8, 4) is 0 Å².